The van der Waals surface area contributed by atoms with Crippen LogP contribution in [0.15, 0.2) is 0 Å². The molecule has 0 bridgehead atoms. The maximum atomic E-state index is 11.6. The minimum absolute atomic E-state index is 0.0382. The van der Waals surface area contributed by atoms with Crippen molar-refractivity contribution in [3.8, 4) is 0 Å². The van der Waals surface area contributed by atoms with Gasteiger partial charge < -0.3 is 9.84 Å². The first-order valence-electron chi connectivity index (χ1n) is 4.71. The number of nitrogens with one attached hydrogen (secondary N) is 1. The molecule has 1 saturated heterocycles. The maximum absolute atomic E-state index is 11.6. The second-order valence-electron chi connectivity index (χ2n) is 3.38. The second-order valence-corrected chi connectivity index (χ2v) is 3.38. The molecule has 0 aromatic heterocycles. The highest BCUT2D eigenvalue weighted by molar-refractivity contribution is 5.97. The first-order chi connectivity index (χ1) is 6.55. The smallest absolute Gasteiger partial charge is 0.329 e. The lowest BCUT2D eigenvalue weighted by atomic mass is 9.80. The summed E-state index contributed by atoms with van der Waals surface area (Å²) < 4.78 is 4.85. The Kier molecular flexibility index (Phi) is 3.23. The molecule has 2 N–H and O–H groups in total. The largest absolute Gasteiger partial charge is 0.480 e. The number of carbonyl (C=O) groups excluding carboxylic acids is 1. The third-order valence-electron chi connectivity index (χ3n) is 2.70. The van der Waals surface area contributed by atoms with E-state index < -0.39 is 24.3 Å². The minimum atomic E-state index is -1.06. The van der Waals surface area contributed by atoms with Gasteiger partial charge in [0, 0.05) is 0 Å². The third-order valence-corrected chi connectivity index (χ3v) is 2.70. The number of rotatable bonds is 5. The Morgan fingerprint density at radius 1 is 1.57 bits per heavy atom. The predicted molar refractivity (Wildman–Crippen MR) is 48.8 cm³/mol. The molecule has 0 amide bonds. The Morgan fingerprint density at radius 2 is 2.14 bits per heavy atom. The van der Waals surface area contributed by atoms with Crippen molar-refractivity contribution in [2.75, 3.05) is 6.61 Å². The molecule has 0 aromatic rings. The Morgan fingerprint density at radius 3 is 2.50 bits per heavy atom. The van der Waals surface area contributed by atoms with Crippen molar-refractivity contribution in [2.45, 2.75) is 38.5 Å². The molecule has 0 radical (unpaired) electrons. The number of ether oxygens (including phenoxy) is 1. The fourth-order valence-corrected chi connectivity index (χ4v) is 1.64. The molecule has 5 nitrogen and oxygen atoms in total. The number of aliphatic carboxylic acids is 1. The number of hydrogen-bond donors (Lipinski definition) is 2. The lowest BCUT2D eigenvalue weighted by Crippen LogP contribution is -2.73. The van der Waals surface area contributed by atoms with Gasteiger partial charge in [0.2, 0.25) is 0 Å². The van der Waals surface area contributed by atoms with E-state index in [9.17, 15) is 9.59 Å². The first-order valence-corrected chi connectivity index (χ1v) is 4.71. The Balaban J connectivity index is 2.43. The topological polar surface area (TPSA) is 75.6 Å². The lowest BCUT2D eigenvalue weighted by Gasteiger charge is -2.45. The highest BCUT2D eigenvalue weighted by atomic mass is 16.5. The van der Waals surface area contributed by atoms with Crippen molar-refractivity contribution in [1.82, 2.24) is 5.32 Å². The summed E-state index contributed by atoms with van der Waals surface area (Å²) in [5, 5.41) is 11.3. The van der Waals surface area contributed by atoms with Gasteiger partial charge in [-0.2, -0.15) is 0 Å². The summed E-state index contributed by atoms with van der Waals surface area (Å²) in [4.78, 5) is 21.8. The summed E-state index contributed by atoms with van der Waals surface area (Å²) >= 11 is 0. The van der Waals surface area contributed by atoms with Gasteiger partial charge in [-0.1, -0.05) is 13.8 Å². The summed E-state index contributed by atoms with van der Waals surface area (Å²) in [6, 6.07) is 0. The summed E-state index contributed by atoms with van der Waals surface area (Å²) in [5.74, 6) is -1.10. The molecule has 0 saturated carbocycles. The van der Waals surface area contributed by atoms with Crippen LogP contribution in [0.5, 0.6) is 0 Å². The van der Waals surface area contributed by atoms with Crippen LogP contribution in [0.4, 0.5) is 0 Å². The van der Waals surface area contributed by atoms with E-state index in [-0.39, 0.29) is 5.78 Å². The van der Waals surface area contributed by atoms with E-state index in [2.05, 4.69) is 5.32 Å². The number of hydrogen-bond acceptors (Lipinski definition) is 4. The first kappa shape index (κ1) is 11.1. The van der Waals surface area contributed by atoms with Crippen LogP contribution in [-0.4, -0.2) is 35.2 Å². The molecule has 14 heavy (non-hydrogen) atoms. The average Bonchev–Trinajstić information content (AvgIpc) is 2.16. The van der Waals surface area contributed by atoms with Gasteiger partial charge in [-0.3, -0.25) is 10.1 Å². The zero-order valence-electron chi connectivity index (χ0n) is 8.37. The highest BCUT2D eigenvalue weighted by Gasteiger charge is 2.51. The Labute approximate surface area is 82.4 Å². The van der Waals surface area contributed by atoms with Gasteiger partial charge in [-0.05, 0) is 12.8 Å². The lowest BCUT2D eigenvalue weighted by molar-refractivity contribution is -0.165. The summed E-state index contributed by atoms with van der Waals surface area (Å²) in [5.41, 5.74) is -0.483. The van der Waals surface area contributed by atoms with Crippen molar-refractivity contribution in [1.29, 1.82) is 0 Å². The number of carboxylic acids is 1. The van der Waals surface area contributed by atoms with Crippen molar-refractivity contribution in [3.63, 3.8) is 0 Å². The zero-order chi connectivity index (χ0) is 10.8. The third kappa shape index (κ3) is 1.78. The SMILES string of the molecule is CCC1(CC)NC(OCC(=O)O)C1=O. The van der Waals surface area contributed by atoms with E-state index in [0.717, 1.165) is 0 Å². The minimum Gasteiger partial charge on any atom is -0.480 e. The molecule has 1 heterocycles. The summed E-state index contributed by atoms with van der Waals surface area (Å²) in [6.45, 7) is 3.40. The van der Waals surface area contributed by atoms with E-state index in [4.69, 9.17) is 9.84 Å². The molecule has 1 unspecified atom stereocenters. The second kappa shape index (κ2) is 4.06. The van der Waals surface area contributed by atoms with Crippen molar-refractivity contribution >= 4 is 11.8 Å². The number of carboxylic acid groups (broad SMARTS) is 1. The van der Waals surface area contributed by atoms with Crippen LogP contribution in [0.3, 0.4) is 0 Å². The van der Waals surface area contributed by atoms with Gasteiger partial charge in [-0.25, -0.2) is 4.79 Å². The van der Waals surface area contributed by atoms with Gasteiger partial charge >= 0.3 is 5.97 Å². The standard InChI is InChI=1S/C9H15NO4/c1-3-9(4-2)7(13)8(10-9)14-5-6(11)12/h8,10H,3-5H2,1-2H3,(H,11,12). The molecule has 80 valence electrons. The molecule has 0 aromatic carbocycles. The molecule has 1 aliphatic rings. The van der Waals surface area contributed by atoms with Gasteiger partial charge in [0.1, 0.15) is 6.61 Å². The molecular weight excluding hydrogens is 186 g/mol. The predicted octanol–water partition coefficient (Wildman–Crippen LogP) is 0.145. The summed E-state index contributed by atoms with van der Waals surface area (Å²) in [6.07, 6.45) is 0.677. The molecule has 1 fully saturated rings. The Hall–Kier alpha value is -0.940. The van der Waals surface area contributed by atoms with Crippen LogP contribution in [0.2, 0.25) is 0 Å². The van der Waals surface area contributed by atoms with Crippen LogP contribution in [0.1, 0.15) is 26.7 Å². The number of Topliss-reactive ketones (excluding diaryl/α,β-unsaturated/α-hetero) is 1. The van der Waals surface area contributed by atoms with Crippen LogP contribution in [0, 0.1) is 0 Å². The highest BCUT2D eigenvalue weighted by Crippen LogP contribution is 2.27. The van der Waals surface area contributed by atoms with Crippen LogP contribution < -0.4 is 5.32 Å². The van der Waals surface area contributed by atoms with Crippen LogP contribution >= 0.6 is 0 Å². The molecular formula is C9H15NO4. The fourth-order valence-electron chi connectivity index (χ4n) is 1.64. The van der Waals surface area contributed by atoms with Crippen molar-refractivity contribution < 1.29 is 19.4 Å². The molecule has 5 heteroatoms. The van der Waals surface area contributed by atoms with Gasteiger partial charge in [-0.15, -0.1) is 0 Å². The molecule has 1 rings (SSSR count). The fraction of sp³-hybridized carbons (Fsp3) is 0.778. The van der Waals surface area contributed by atoms with Crippen LogP contribution in [0.25, 0.3) is 0 Å². The molecule has 0 aliphatic carbocycles. The Bertz CT molecular complexity index is 247. The average molecular weight is 201 g/mol. The van der Waals surface area contributed by atoms with Gasteiger partial charge in [0.15, 0.2) is 12.0 Å². The monoisotopic (exact) mass is 201 g/mol. The van der Waals surface area contributed by atoms with Crippen molar-refractivity contribution in [3.05, 3.63) is 0 Å². The quantitative estimate of drug-likeness (QED) is 0.662. The number of ketones is 1. The van der Waals surface area contributed by atoms with E-state index >= 15 is 0 Å². The molecule has 0 spiro atoms. The van der Waals surface area contributed by atoms with Gasteiger partial charge in [0.25, 0.3) is 0 Å². The van der Waals surface area contributed by atoms with Crippen LogP contribution in [-0.2, 0) is 14.3 Å². The van der Waals surface area contributed by atoms with E-state index in [1.807, 2.05) is 13.8 Å². The molecule has 1 aliphatic heterocycles. The maximum Gasteiger partial charge on any atom is 0.329 e. The van der Waals surface area contributed by atoms with E-state index in [0.29, 0.717) is 12.8 Å². The zero-order valence-corrected chi connectivity index (χ0v) is 8.37. The summed E-state index contributed by atoms with van der Waals surface area (Å²) in [7, 11) is 0. The molecule has 1 atom stereocenters. The van der Waals surface area contributed by atoms with Crippen molar-refractivity contribution in [2.24, 2.45) is 0 Å². The number of carbonyl (C=O) groups is 2. The van der Waals surface area contributed by atoms with Gasteiger partial charge in [0.05, 0.1) is 5.54 Å². The normalized spacial score (nSPS) is 24.4. The van der Waals surface area contributed by atoms with E-state index in [1.165, 1.54) is 0 Å². The van der Waals surface area contributed by atoms with E-state index in [1.54, 1.807) is 0 Å².